The van der Waals surface area contributed by atoms with Crippen LogP contribution in [0.5, 0.6) is 5.75 Å². The summed E-state index contributed by atoms with van der Waals surface area (Å²) in [5, 5.41) is 16.5. The molecule has 0 unspecified atom stereocenters. The van der Waals surface area contributed by atoms with Gasteiger partial charge in [0.1, 0.15) is 5.75 Å². The lowest BCUT2D eigenvalue weighted by Gasteiger charge is -2.11. The maximum Gasteiger partial charge on any atom is 0.166 e. The van der Waals surface area contributed by atoms with Crippen molar-refractivity contribution in [2.75, 3.05) is 6.54 Å². The summed E-state index contributed by atoms with van der Waals surface area (Å²) in [4.78, 5) is 0. The summed E-state index contributed by atoms with van der Waals surface area (Å²) in [6, 6.07) is 17.5. The zero-order valence-corrected chi connectivity index (χ0v) is 12.0. The molecule has 0 atom stereocenters. The van der Waals surface area contributed by atoms with Crippen molar-refractivity contribution in [3.8, 4) is 5.75 Å². The first-order valence-electron chi connectivity index (χ1n) is 6.58. The van der Waals surface area contributed by atoms with Crippen molar-refractivity contribution in [1.82, 2.24) is 10.6 Å². The first kappa shape index (κ1) is 14.3. The van der Waals surface area contributed by atoms with E-state index < -0.39 is 0 Å². The summed E-state index contributed by atoms with van der Waals surface area (Å²) in [5.41, 5.74) is 2.11. The first-order valence-corrected chi connectivity index (χ1v) is 6.99. The van der Waals surface area contributed by atoms with Crippen LogP contribution in [0.1, 0.15) is 11.1 Å². The number of aromatic hydroxyl groups is 1. The van der Waals surface area contributed by atoms with Gasteiger partial charge in [-0.1, -0.05) is 48.5 Å². The molecule has 4 heteroatoms. The fourth-order valence-corrected chi connectivity index (χ4v) is 2.04. The highest BCUT2D eigenvalue weighted by Gasteiger charge is 2.00. The van der Waals surface area contributed by atoms with E-state index in [0.717, 1.165) is 18.5 Å². The molecule has 0 bridgehead atoms. The van der Waals surface area contributed by atoms with Crippen molar-refractivity contribution in [3.63, 3.8) is 0 Å². The second-order valence-electron chi connectivity index (χ2n) is 4.47. The number of phenolic OH excluding ortho intramolecular Hbond substituents is 1. The van der Waals surface area contributed by atoms with Gasteiger partial charge in [0.05, 0.1) is 0 Å². The Balaban J connectivity index is 1.70. The van der Waals surface area contributed by atoms with Crippen LogP contribution in [0.3, 0.4) is 0 Å². The Bertz CT molecular complexity index is 557. The molecule has 0 fully saturated rings. The van der Waals surface area contributed by atoms with Crippen molar-refractivity contribution in [2.45, 2.75) is 13.0 Å². The molecule has 0 radical (unpaired) electrons. The zero-order chi connectivity index (χ0) is 14.2. The molecule has 3 nitrogen and oxygen atoms in total. The van der Waals surface area contributed by atoms with E-state index in [1.54, 1.807) is 12.1 Å². The van der Waals surface area contributed by atoms with Crippen LogP contribution >= 0.6 is 12.2 Å². The molecule has 20 heavy (non-hydrogen) atoms. The van der Waals surface area contributed by atoms with E-state index in [9.17, 15) is 5.11 Å². The van der Waals surface area contributed by atoms with Crippen LogP contribution in [0.2, 0.25) is 0 Å². The van der Waals surface area contributed by atoms with Gasteiger partial charge >= 0.3 is 0 Å². The van der Waals surface area contributed by atoms with Gasteiger partial charge in [-0.2, -0.15) is 0 Å². The van der Waals surface area contributed by atoms with Crippen LogP contribution in [-0.4, -0.2) is 16.8 Å². The molecule has 2 aromatic carbocycles. The van der Waals surface area contributed by atoms with Gasteiger partial charge in [0.25, 0.3) is 0 Å². The van der Waals surface area contributed by atoms with Crippen molar-refractivity contribution in [3.05, 3.63) is 65.7 Å². The highest BCUT2D eigenvalue weighted by atomic mass is 32.1. The lowest BCUT2D eigenvalue weighted by atomic mass is 10.1. The van der Waals surface area contributed by atoms with E-state index in [-0.39, 0.29) is 5.75 Å². The van der Waals surface area contributed by atoms with E-state index in [4.69, 9.17) is 12.2 Å². The summed E-state index contributed by atoms with van der Waals surface area (Å²) >= 11 is 5.21. The summed E-state index contributed by atoms with van der Waals surface area (Å²) in [6.45, 7) is 1.31. The lowest BCUT2D eigenvalue weighted by molar-refractivity contribution is 0.467. The average Bonchev–Trinajstić information content (AvgIpc) is 2.47. The maximum absolute atomic E-state index is 9.64. The molecule has 2 aromatic rings. The Hall–Kier alpha value is -2.07. The van der Waals surface area contributed by atoms with Crippen LogP contribution < -0.4 is 10.6 Å². The standard InChI is InChI=1S/C16H18N2OS/c19-15-9-5-4-8-14(15)12-18-16(20)17-11-10-13-6-2-1-3-7-13/h1-9,19H,10-12H2,(H2,17,18,20). The zero-order valence-electron chi connectivity index (χ0n) is 11.2. The average molecular weight is 286 g/mol. The largest absolute Gasteiger partial charge is 0.508 e. The highest BCUT2D eigenvalue weighted by Crippen LogP contribution is 2.14. The Morgan fingerprint density at radius 1 is 0.950 bits per heavy atom. The number of hydrogen-bond acceptors (Lipinski definition) is 2. The molecule has 3 N–H and O–H groups in total. The molecule has 0 aliphatic carbocycles. The minimum absolute atomic E-state index is 0.284. The van der Waals surface area contributed by atoms with E-state index >= 15 is 0 Å². The van der Waals surface area contributed by atoms with Crippen LogP contribution in [0.4, 0.5) is 0 Å². The number of benzene rings is 2. The fraction of sp³-hybridized carbons (Fsp3) is 0.188. The van der Waals surface area contributed by atoms with Crippen molar-refractivity contribution < 1.29 is 5.11 Å². The molecular formula is C16H18N2OS. The minimum Gasteiger partial charge on any atom is -0.508 e. The van der Waals surface area contributed by atoms with Crippen LogP contribution in [0.15, 0.2) is 54.6 Å². The molecular weight excluding hydrogens is 268 g/mol. The van der Waals surface area contributed by atoms with Gasteiger partial charge in [-0.05, 0) is 30.3 Å². The third kappa shape index (κ3) is 4.55. The smallest absolute Gasteiger partial charge is 0.166 e. The summed E-state index contributed by atoms with van der Waals surface area (Å²) in [6.07, 6.45) is 0.930. The van der Waals surface area contributed by atoms with Gasteiger partial charge in [-0.15, -0.1) is 0 Å². The number of nitrogens with one attached hydrogen (secondary N) is 2. The monoisotopic (exact) mass is 286 g/mol. The number of phenols is 1. The Morgan fingerprint density at radius 2 is 1.65 bits per heavy atom. The highest BCUT2D eigenvalue weighted by molar-refractivity contribution is 7.80. The van der Waals surface area contributed by atoms with Gasteiger partial charge in [0, 0.05) is 18.7 Å². The molecule has 0 saturated heterocycles. The third-order valence-electron chi connectivity index (χ3n) is 2.97. The van der Waals surface area contributed by atoms with Gasteiger partial charge in [0.2, 0.25) is 0 Å². The SMILES string of the molecule is Oc1ccccc1CNC(=S)NCCc1ccccc1. The Kier molecular flexibility index (Phi) is 5.38. The normalized spacial score (nSPS) is 10.0. The van der Waals surface area contributed by atoms with Gasteiger partial charge < -0.3 is 15.7 Å². The number of rotatable bonds is 5. The molecule has 0 heterocycles. The van der Waals surface area contributed by atoms with Crippen molar-refractivity contribution in [1.29, 1.82) is 0 Å². The predicted octanol–water partition coefficient (Wildman–Crippen LogP) is 2.60. The second-order valence-corrected chi connectivity index (χ2v) is 4.88. The van der Waals surface area contributed by atoms with E-state index in [1.165, 1.54) is 5.56 Å². The molecule has 0 aliphatic rings. The Labute approximate surface area is 124 Å². The topological polar surface area (TPSA) is 44.3 Å². The van der Waals surface area contributed by atoms with Gasteiger partial charge in [-0.25, -0.2) is 0 Å². The van der Waals surface area contributed by atoms with Crippen molar-refractivity contribution in [2.24, 2.45) is 0 Å². The maximum atomic E-state index is 9.64. The molecule has 0 spiro atoms. The summed E-state index contributed by atoms with van der Waals surface area (Å²) < 4.78 is 0. The van der Waals surface area contributed by atoms with Crippen molar-refractivity contribution >= 4 is 17.3 Å². The van der Waals surface area contributed by atoms with Crippen LogP contribution in [0.25, 0.3) is 0 Å². The van der Waals surface area contributed by atoms with E-state index in [1.807, 2.05) is 30.3 Å². The fourth-order valence-electron chi connectivity index (χ4n) is 1.86. The van der Waals surface area contributed by atoms with Gasteiger partial charge in [-0.3, -0.25) is 0 Å². The Morgan fingerprint density at radius 3 is 2.40 bits per heavy atom. The first-order chi connectivity index (χ1) is 9.75. The second kappa shape index (κ2) is 7.50. The number of hydrogen-bond donors (Lipinski definition) is 3. The quantitative estimate of drug-likeness (QED) is 0.739. The van der Waals surface area contributed by atoms with Gasteiger partial charge in [0.15, 0.2) is 5.11 Å². The van der Waals surface area contributed by atoms with E-state index in [0.29, 0.717) is 11.7 Å². The molecule has 0 aromatic heterocycles. The lowest BCUT2D eigenvalue weighted by Crippen LogP contribution is -2.35. The summed E-state index contributed by atoms with van der Waals surface area (Å²) in [5.74, 6) is 0.284. The van der Waals surface area contributed by atoms with E-state index in [2.05, 4.69) is 22.8 Å². The molecule has 0 saturated carbocycles. The third-order valence-corrected chi connectivity index (χ3v) is 3.26. The van der Waals surface area contributed by atoms with Crippen LogP contribution in [0, 0.1) is 0 Å². The minimum atomic E-state index is 0.284. The summed E-state index contributed by atoms with van der Waals surface area (Å²) in [7, 11) is 0. The number of para-hydroxylation sites is 1. The van der Waals surface area contributed by atoms with Crippen LogP contribution in [-0.2, 0) is 13.0 Å². The number of thiocarbonyl (C=S) groups is 1. The predicted molar refractivity (Wildman–Crippen MR) is 85.7 cm³/mol. The molecule has 104 valence electrons. The molecule has 2 rings (SSSR count). The molecule has 0 aliphatic heterocycles. The molecule has 0 amide bonds.